The van der Waals surface area contributed by atoms with Gasteiger partial charge in [-0.3, -0.25) is 4.79 Å². The van der Waals surface area contributed by atoms with E-state index in [0.717, 1.165) is 19.3 Å². The molecule has 0 bridgehead atoms. The summed E-state index contributed by atoms with van der Waals surface area (Å²) in [7, 11) is 1.84. The molecule has 0 radical (unpaired) electrons. The van der Waals surface area contributed by atoms with Crippen molar-refractivity contribution in [3.8, 4) is 0 Å². The van der Waals surface area contributed by atoms with E-state index in [0.29, 0.717) is 25.2 Å². The molecule has 0 aliphatic carbocycles. The number of carbonyl (C=O) groups excluding carboxylic acids is 2. The van der Waals surface area contributed by atoms with Gasteiger partial charge in [-0.05, 0) is 25.2 Å². The van der Waals surface area contributed by atoms with Crippen LogP contribution >= 0.6 is 0 Å². The summed E-state index contributed by atoms with van der Waals surface area (Å²) in [6, 6.07) is 0.0912. The molecule has 1 saturated heterocycles. The second-order valence-electron chi connectivity index (χ2n) is 3.79. The van der Waals surface area contributed by atoms with Crippen LogP contribution in [0.15, 0.2) is 0 Å². The summed E-state index contributed by atoms with van der Waals surface area (Å²) in [6.45, 7) is 1.32. The molecule has 2 unspecified atom stereocenters. The van der Waals surface area contributed by atoms with Gasteiger partial charge in [-0.1, -0.05) is 0 Å². The third-order valence-corrected chi connectivity index (χ3v) is 2.83. The number of hydrogen-bond donors (Lipinski definition) is 1. The van der Waals surface area contributed by atoms with Crippen LogP contribution in [0.5, 0.6) is 0 Å². The van der Waals surface area contributed by atoms with Gasteiger partial charge >= 0.3 is 0 Å². The smallest absolute Gasteiger partial charge is 0.214 e. The zero-order chi connectivity index (χ0) is 10.6. The van der Waals surface area contributed by atoms with Crippen molar-refractivity contribution in [3.05, 3.63) is 0 Å². The molecule has 0 spiro atoms. The van der Waals surface area contributed by atoms with Crippen molar-refractivity contribution < 1.29 is 9.59 Å². The van der Waals surface area contributed by atoms with E-state index in [9.17, 15) is 9.59 Å². The summed E-state index contributed by atoms with van der Waals surface area (Å²) < 4.78 is 0. The molecule has 14 heavy (non-hydrogen) atoms. The minimum Gasteiger partial charge on any atom is -0.340 e. The third kappa shape index (κ3) is 2.35. The molecule has 1 rings (SSSR count). The average Bonchev–Trinajstić information content (AvgIpc) is 2.61. The van der Waals surface area contributed by atoms with E-state index >= 15 is 0 Å². The summed E-state index contributed by atoms with van der Waals surface area (Å²) in [5.74, 6) is 0.503. The van der Waals surface area contributed by atoms with Crippen molar-refractivity contribution in [3.63, 3.8) is 0 Å². The first kappa shape index (κ1) is 11.2. The largest absolute Gasteiger partial charge is 0.340 e. The van der Waals surface area contributed by atoms with Crippen molar-refractivity contribution in [2.75, 3.05) is 13.1 Å². The molecular weight excluding hydrogens is 179 g/mol. The quantitative estimate of drug-likeness (QED) is 0.453. The molecule has 1 aliphatic heterocycles. The van der Waals surface area contributed by atoms with Gasteiger partial charge in [0.2, 0.25) is 5.91 Å². The molecule has 0 aromatic heterocycles. The van der Waals surface area contributed by atoms with Gasteiger partial charge in [-0.2, -0.15) is 0 Å². The topological polar surface area (TPSA) is 63.4 Å². The van der Waals surface area contributed by atoms with Crippen molar-refractivity contribution in [1.82, 2.24) is 4.90 Å². The maximum atomic E-state index is 11.5. The molecule has 1 heterocycles. The number of nitrogens with zero attached hydrogens (tertiary/aromatic N) is 1. The Kier molecular flexibility index (Phi) is 4.13. The number of amides is 1. The summed E-state index contributed by atoms with van der Waals surface area (Å²) in [5, 5.41) is 0. The van der Waals surface area contributed by atoms with Gasteiger partial charge in [0.15, 0.2) is 0 Å². The van der Waals surface area contributed by atoms with Crippen LogP contribution in [-0.2, 0) is 9.59 Å². The molecule has 4 nitrogen and oxygen atoms in total. The van der Waals surface area contributed by atoms with Crippen LogP contribution in [0.4, 0.5) is 0 Å². The fourth-order valence-electron chi connectivity index (χ4n) is 2.03. The lowest BCUT2D eigenvalue weighted by atomic mass is 10.0. The summed E-state index contributed by atoms with van der Waals surface area (Å²) in [4.78, 5) is 23.8. The van der Waals surface area contributed by atoms with Crippen LogP contribution in [0.3, 0.4) is 0 Å². The van der Waals surface area contributed by atoms with Crippen LogP contribution < -0.4 is 5.73 Å². The molecule has 78 valence electrons. The van der Waals surface area contributed by atoms with Crippen LogP contribution in [0, 0.1) is 5.92 Å². The summed E-state index contributed by atoms with van der Waals surface area (Å²) >= 11 is 0. The van der Waals surface area contributed by atoms with Crippen molar-refractivity contribution >= 4 is 20.0 Å². The third-order valence-electron chi connectivity index (χ3n) is 2.83. The van der Waals surface area contributed by atoms with E-state index in [1.54, 1.807) is 0 Å². The fourth-order valence-corrected chi connectivity index (χ4v) is 2.03. The molecule has 5 heteroatoms. The van der Waals surface area contributed by atoms with Gasteiger partial charge in [0.25, 0.3) is 0 Å². The predicted octanol–water partition coefficient (Wildman–Crippen LogP) is -1.20. The number of carbonyl (C=O) groups is 2. The highest BCUT2D eigenvalue weighted by Crippen LogP contribution is 2.24. The van der Waals surface area contributed by atoms with Crippen LogP contribution in [0.2, 0.25) is 6.32 Å². The van der Waals surface area contributed by atoms with Gasteiger partial charge in [0, 0.05) is 19.0 Å². The van der Waals surface area contributed by atoms with Gasteiger partial charge in [-0.15, -0.1) is 0 Å². The van der Waals surface area contributed by atoms with E-state index in [2.05, 4.69) is 0 Å². The fraction of sp³-hybridized carbons (Fsp3) is 0.778. The maximum absolute atomic E-state index is 11.5. The van der Waals surface area contributed by atoms with Gasteiger partial charge in [-0.25, -0.2) is 0 Å². The molecule has 2 N–H and O–H groups in total. The van der Waals surface area contributed by atoms with Crippen LogP contribution in [0.25, 0.3) is 0 Å². The first-order valence-corrected chi connectivity index (χ1v) is 5.16. The zero-order valence-electron chi connectivity index (χ0n) is 8.61. The lowest BCUT2D eigenvalue weighted by Crippen LogP contribution is -2.35. The Labute approximate surface area is 85.2 Å². The second kappa shape index (κ2) is 5.15. The van der Waals surface area contributed by atoms with Gasteiger partial charge < -0.3 is 15.4 Å². The monoisotopic (exact) mass is 196 g/mol. The minimum absolute atomic E-state index is 0.0912. The highest BCUT2D eigenvalue weighted by atomic mass is 16.2. The van der Waals surface area contributed by atoms with E-state index in [1.165, 1.54) is 0 Å². The highest BCUT2D eigenvalue weighted by Gasteiger charge is 2.33. The number of nitrogens with two attached hydrogens (primary N) is 1. The Morgan fingerprint density at radius 3 is 2.86 bits per heavy atom. The van der Waals surface area contributed by atoms with E-state index in [1.807, 2.05) is 12.7 Å². The number of hydrogen-bond acceptors (Lipinski definition) is 3. The summed E-state index contributed by atoms with van der Waals surface area (Å²) in [5.41, 5.74) is 5.57. The molecule has 1 amide bonds. The number of aldehydes is 1. The summed E-state index contributed by atoms with van der Waals surface area (Å²) in [6.07, 6.45) is 2.72. The maximum Gasteiger partial charge on any atom is 0.214 e. The SMILES string of the molecule is BCC(=O)N1CC(CN)CC1CC=O. The molecule has 0 saturated carbocycles. The number of rotatable bonds is 4. The molecule has 1 fully saturated rings. The Hall–Kier alpha value is -0.835. The molecule has 0 aromatic rings. The molecule has 2 atom stereocenters. The molecule has 1 aliphatic rings. The Balaban J connectivity index is 2.61. The van der Waals surface area contributed by atoms with Crippen LogP contribution in [0.1, 0.15) is 12.8 Å². The lowest BCUT2D eigenvalue weighted by molar-refractivity contribution is -0.129. The van der Waals surface area contributed by atoms with E-state index < -0.39 is 0 Å². The van der Waals surface area contributed by atoms with Crippen molar-refractivity contribution in [1.29, 1.82) is 0 Å². The molecular formula is C9H17BN2O2. The average molecular weight is 196 g/mol. The minimum atomic E-state index is 0.0912. The van der Waals surface area contributed by atoms with Gasteiger partial charge in [0.1, 0.15) is 14.1 Å². The van der Waals surface area contributed by atoms with E-state index in [4.69, 9.17) is 5.73 Å². The Bertz CT molecular complexity index is 223. The second-order valence-corrected chi connectivity index (χ2v) is 3.79. The van der Waals surface area contributed by atoms with E-state index in [-0.39, 0.29) is 11.9 Å². The first-order chi connectivity index (χ1) is 6.72. The first-order valence-electron chi connectivity index (χ1n) is 5.16. The normalized spacial score (nSPS) is 26.5. The lowest BCUT2D eigenvalue weighted by Gasteiger charge is -2.22. The number of likely N-dealkylation sites (tertiary alicyclic amines) is 1. The Morgan fingerprint density at radius 2 is 2.36 bits per heavy atom. The molecule has 0 aromatic carbocycles. The predicted molar refractivity (Wildman–Crippen MR) is 56.7 cm³/mol. The Morgan fingerprint density at radius 1 is 1.64 bits per heavy atom. The standard InChI is InChI=1S/C9H17BN2O2/c10-4-9(14)12-6-7(5-11)3-8(12)1-2-13/h2,7-8H,1,3-6,10-11H2. The zero-order valence-corrected chi connectivity index (χ0v) is 8.61. The highest BCUT2D eigenvalue weighted by molar-refractivity contribution is 6.19. The van der Waals surface area contributed by atoms with Crippen LogP contribution in [-0.4, -0.2) is 44.1 Å². The van der Waals surface area contributed by atoms with Crippen molar-refractivity contribution in [2.24, 2.45) is 11.7 Å². The van der Waals surface area contributed by atoms with Crippen molar-refractivity contribution in [2.45, 2.75) is 25.2 Å². The van der Waals surface area contributed by atoms with Gasteiger partial charge in [0.05, 0.1) is 0 Å².